The van der Waals surface area contributed by atoms with E-state index in [-0.39, 0.29) is 17.3 Å². The van der Waals surface area contributed by atoms with Crippen LogP contribution in [0.15, 0.2) is 42.9 Å². The monoisotopic (exact) mass is 358 g/mol. The largest absolute Gasteiger partial charge is 0.353 e. The molecule has 0 saturated heterocycles. The van der Waals surface area contributed by atoms with Crippen LogP contribution in [-0.4, -0.2) is 19.9 Å². The fourth-order valence-electron chi connectivity index (χ4n) is 2.17. The number of rotatable bonds is 5. The van der Waals surface area contributed by atoms with Gasteiger partial charge >= 0.3 is 5.69 Å². The molecule has 1 aromatic carbocycles. The number of hydrogen-bond donors (Lipinski definition) is 2. The first-order chi connectivity index (χ1) is 12.4. The molecule has 8 nitrogen and oxygen atoms in total. The number of pyridine rings is 1. The first-order valence-electron chi connectivity index (χ1n) is 7.35. The van der Waals surface area contributed by atoms with Crippen LogP contribution in [0.1, 0.15) is 5.56 Å². The molecule has 0 bridgehead atoms. The van der Waals surface area contributed by atoms with Crippen molar-refractivity contribution in [2.24, 2.45) is 0 Å². The van der Waals surface area contributed by atoms with Crippen molar-refractivity contribution in [3.63, 3.8) is 0 Å². The van der Waals surface area contributed by atoms with Crippen molar-refractivity contribution in [3.8, 4) is 0 Å². The molecule has 0 amide bonds. The SMILES string of the molecule is Cc1ccnc(Nc2ncnc(Nc3ccc(F)c(F)c3)c2[N+](=O)[O-])c1. The molecule has 2 heterocycles. The van der Waals surface area contributed by atoms with Crippen LogP contribution in [0.5, 0.6) is 0 Å². The normalized spacial score (nSPS) is 10.4. The summed E-state index contributed by atoms with van der Waals surface area (Å²) in [5.74, 6) is -2.01. The van der Waals surface area contributed by atoms with Crippen LogP contribution in [0.25, 0.3) is 0 Å². The van der Waals surface area contributed by atoms with Crippen molar-refractivity contribution in [2.75, 3.05) is 10.6 Å². The third-order valence-electron chi connectivity index (χ3n) is 3.35. The molecule has 26 heavy (non-hydrogen) atoms. The highest BCUT2D eigenvalue weighted by Crippen LogP contribution is 2.32. The van der Waals surface area contributed by atoms with Gasteiger partial charge in [0, 0.05) is 18.0 Å². The number of nitrogens with zero attached hydrogens (tertiary/aromatic N) is 4. The van der Waals surface area contributed by atoms with Crippen LogP contribution in [0.3, 0.4) is 0 Å². The molecule has 0 atom stereocenters. The van der Waals surface area contributed by atoms with E-state index >= 15 is 0 Å². The number of aromatic nitrogens is 3. The summed E-state index contributed by atoms with van der Waals surface area (Å²) >= 11 is 0. The molecule has 0 fully saturated rings. The van der Waals surface area contributed by atoms with Crippen LogP contribution in [0.2, 0.25) is 0 Å². The number of benzene rings is 1. The lowest BCUT2D eigenvalue weighted by atomic mass is 10.3. The van der Waals surface area contributed by atoms with Crippen molar-refractivity contribution in [1.82, 2.24) is 15.0 Å². The molecule has 2 aromatic heterocycles. The zero-order valence-corrected chi connectivity index (χ0v) is 13.4. The van der Waals surface area contributed by atoms with E-state index in [1.165, 1.54) is 6.07 Å². The van der Waals surface area contributed by atoms with E-state index in [0.717, 1.165) is 24.0 Å². The van der Waals surface area contributed by atoms with Gasteiger partial charge in [-0.05, 0) is 36.8 Å². The summed E-state index contributed by atoms with van der Waals surface area (Å²) in [4.78, 5) is 22.6. The number of nitro groups is 1. The molecule has 10 heteroatoms. The molecule has 3 rings (SSSR count). The third kappa shape index (κ3) is 3.69. The Balaban J connectivity index is 1.98. The average molecular weight is 358 g/mol. The zero-order chi connectivity index (χ0) is 18.7. The maximum absolute atomic E-state index is 13.3. The van der Waals surface area contributed by atoms with Gasteiger partial charge in [0.05, 0.1) is 4.92 Å². The van der Waals surface area contributed by atoms with Crippen molar-refractivity contribution in [1.29, 1.82) is 0 Å². The van der Waals surface area contributed by atoms with Gasteiger partial charge in [0.2, 0.25) is 11.6 Å². The van der Waals surface area contributed by atoms with Gasteiger partial charge in [-0.2, -0.15) is 0 Å². The van der Waals surface area contributed by atoms with Gasteiger partial charge in [-0.15, -0.1) is 0 Å². The smallest absolute Gasteiger partial charge is 0.334 e. The van der Waals surface area contributed by atoms with Crippen molar-refractivity contribution >= 4 is 28.8 Å². The van der Waals surface area contributed by atoms with Gasteiger partial charge in [0.15, 0.2) is 11.6 Å². The van der Waals surface area contributed by atoms with Gasteiger partial charge in [-0.1, -0.05) is 0 Å². The summed E-state index contributed by atoms with van der Waals surface area (Å²) in [5, 5.41) is 16.9. The fourth-order valence-corrected chi connectivity index (χ4v) is 2.17. The number of nitrogens with one attached hydrogen (secondary N) is 2. The lowest BCUT2D eigenvalue weighted by Gasteiger charge is -2.10. The molecular weight excluding hydrogens is 346 g/mol. The second kappa shape index (κ2) is 7.05. The van der Waals surface area contributed by atoms with Gasteiger partial charge < -0.3 is 10.6 Å². The van der Waals surface area contributed by atoms with Gasteiger partial charge in [-0.3, -0.25) is 10.1 Å². The van der Waals surface area contributed by atoms with Gasteiger partial charge in [-0.25, -0.2) is 23.7 Å². The minimum absolute atomic E-state index is 0.0896. The lowest BCUT2D eigenvalue weighted by molar-refractivity contribution is -0.383. The minimum atomic E-state index is -1.09. The lowest BCUT2D eigenvalue weighted by Crippen LogP contribution is -2.06. The highest BCUT2D eigenvalue weighted by molar-refractivity contribution is 5.76. The quantitative estimate of drug-likeness (QED) is 0.527. The molecule has 0 aliphatic carbocycles. The molecule has 132 valence electrons. The molecule has 3 aromatic rings. The highest BCUT2D eigenvalue weighted by Gasteiger charge is 2.24. The predicted molar refractivity (Wildman–Crippen MR) is 90.6 cm³/mol. The number of anilines is 4. The van der Waals surface area contributed by atoms with E-state index in [4.69, 9.17) is 0 Å². The van der Waals surface area contributed by atoms with Crippen LogP contribution in [0, 0.1) is 28.7 Å². The van der Waals surface area contributed by atoms with Crippen molar-refractivity contribution < 1.29 is 13.7 Å². The topological polar surface area (TPSA) is 106 Å². The first kappa shape index (κ1) is 17.1. The van der Waals surface area contributed by atoms with Crippen LogP contribution in [-0.2, 0) is 0 Å². The first-order valence-corrected chi connectivity index (χ1v) is 7.35. The fraction of sp³-hybridized carbons (Fsp3) is 0.0625. The van der Waals surface area contributed by atoms with Gasteiger partial charge in [0.25, 0.3) is 0 Å². The summed E-state index contributed by atoms with van der Waals surface area (Å²) in [5.41, 5.74) is 0.546. The molecule has 0 unspecified atom stereocenters. The number of halogens is 2. The molecule has 2 N–H and O–H groups in total. The maximum Gasteiger partial charge on any atom is 0.353 e. The second-order valence-corrected chi connectivity index (χ2v) is 5.27. The Bertz CT molecular complexity index is 983. The number of hydrogen-bond acceptors (Lipinski definition) is 7. The Kier molecular flexibility index (Phi) is 4.65. The Labute approximate surface area is 146 Å². The third-order valence-corrected chi connectivity index (χ3v) is 3.35. The maximum atomic E-state index is 13.3. The molecule has 0 spiro atoms. The minimum Gasteiger partial charge on any atom is -0.334 e. The standard InChI is InChI=1S/C16H12F2N6O2/c1-9-4-5-19-13(6-9)23-16-14(24(25)26)15(20-8-21-16)22-10-2-3-11(17)12(18)7-10/h2-8H,1H3,(H2,19,20,21,22,23). The molecule has 0 saturated carbocycles. The van der Waals surface area contributed by atoms with E-state index in [1.807, 2.05) is 6.92 Å². The predicted octanol–water partition coefficient (Wildman–Crippen LogP) is 3.85. The molecule has 0 aliphatic heterocycles. The van der Waals surface area contributed by atoms with Crippen molar-refractivity contribution in [3.05, 3.63) is 70.2 Å². The zero-order valence-electron chi connectivity index (χ0n) is 13.4. The van der Waals surface area contributed by atoms with Crippen LogP contribution < -0.4 is 10.6 Å². The van der Waals surface area contributed by atoms with Crippen molar-refractivity contribution in [2.45, 2.75) is 6.92 Å². The van der Waals surface area contributed by atoms with Gasteiger partial charge in [0.1, 0.15) is 12.1 Å². The Hall–Kier alpha value is -3.69. The summed E-state index contributed by atoms with van der Waals surface area (Å²) in [6.07, 6.45) is 2.65. The van der Waals surface area contributed by atoms with E-state index in [2.05, 4.69) is 25.6 Å². The molecular formula is C16H12F2N6O2. The average Bonchev–Trinajstić information content (AvgIpc) is 2.58. The summed E-state index contributed by atoms with van der Waals surface area (Å²) in [6.45, 7) is 1.84. The summed E-state index contributed by atoms with van der Waals surface area (Å²) in [6, 6.07) is 6.47. The van der Waals surface area contributed by atoms with Crippen LogP contribution in [0.4, 0.5) is 37.6 Å². The van der Waals surface area contributed by atoms with E-state index in [1.54, 1.807) is 18.3 Å². The van der Waals surface area contributed by atoms with E-state index in [0.29, 0.717) is 5.82 Å². The van der Waals surface area contributed by atoms with E-state index in [9.17, 15) is 18.9 Å². The summed E-state index contributed by atoms with van der Waals surface area (Å²) in [7, 11) is 0. The Morgan fingerprint density at radius 3 is 2.38 bits per heavy atom. The highest BCUT2D eigenvalue weighted by atomic mass is 19.2. The molecule has 0 radical (unpaired) electrons. The Morgan fingerprint density at radius 1 is 1.00 bits per heavy atom. The van der Waals surface area contributed by atoms with Crippen LogP contribution >= 0.6 is 0 Å². The van der Waals surface area contributed by atoms with E-state index < -0.39 is 22.2 Å². The number of aryl methyl sites for hydroxylation is 1. The summed E-state index contributed by atoms with van der Waals surface area (Å²) < 4.78 is 26.4. The molecule has 0 aliphatic rings. The second-order valence-electron chi connectivity index (χ2n) is 5.27. The Morgan fingerprint density at radius 2 is 1.73 bits per heavy atom.